The number of aromatic amines is 1. The molecule has 2 heterocycles. The van der Waals surface area contributed by atoms with Crippen LogP contribution in [0.2, 0.25) is 5.02 Å². The first-order valence-electron chi connectivity index (χ1n) is 9.22. The molecule has 172 valence electrons. The lowest BCUT2D eigenvalue weighted by Crippen LogP contribution is -2.40. The van der Waals surface area contributed by atoms with E-state index in [2.05, 4.69) is 24.9 Å². The zero-order valence-electron chi connectivity index (χ0n) is 17.2. The maximum absolute atomic E-state index is 13.9. The zero-order valence-corrected chi connectivity index (χ0v) is 18.8. The molecular weight excluding hydrogens is 469 g/mol. The number of hydrogen-bond acceptors (Lipinski definition) is 6. The molecule has 1 aromatic carbocycles. The van der Waals surface area contributed by atoms with Gasteiger partial charge < -0.3 is 5.73 Å². The van der Waals surface area contributed by atoms with Gasteiger partial charge in [0.15, 0.2) is 5.03 Å². The Bertz CT molecular complexity index is 1240. The van der Waals surface area contributed by atoms with E-state index in [-0.39, 0.29) is 44.9 Å². The Morgan fingerprint density at radius 3 is 2.38 bits per heavy atom. The Hall–Kier alpha value is -2.70. The van der Waals surface area contributed by atoms with Crippen molar-refractivity contribution in [2.24, 2.45) is 0 Å². The quantitative estimate of drug-likeness (QED) is 0.501. The Morgan fingerprint density at radius 1 is 1.19 bits per heavy atom. The molecule has 4 N–H and O–H groups in total. The number of rotatable bonds is 5. The second-order valence-corrected chi connectivity index (χ2v) is 10.1. The van der Waals surface area contributed by atoms with Crippen molar-refractivity contribution >= 4 is 27.6 Å². The van der Waals surface area contributed by atoms with Gasteiger partial charge in [0, 0.05) is 34.3 Å². The minimum Gasteiger partial charge on any atom is -0.367 e. The number of pyridine rings is 1. The largest absolute Gasteiger partial charge is 0.417 e. The SMILES string of the molecule is CC(C)(C)NS(=O)(=O)c1ccc(-c2c(Cl)cc(Cc3nc(N)n[nH]3)cc2C(F)(F)F)cn1. The van der Waals surface area contributed by atoms with E-state index in [1.54, 1.807) is 20.8 Å². The molecule has 0 bridgehead atoms. The third kappa shape index (κ3) is 5.56. The molecule has 0 unspecified atom stereocenters. The lowest BCUT2D eigenvalue weighted by molar-refractivity contribution is -0.137. The van der Waals surface area contributed by atoms with Crippen LogP contribution >= 0.6 is 11.6 Å². The van der Waals surface area contributed by atoms with Crippen LogP contribution in [0, 0.1) is 0 Å². The van der Waals surface area contributed by atoms with Crippen molar-refractivity contribution in [3.05, 3.63) is 52.4 Å². The average molecular weight is 489 g/mol. The number of hydrogen-bond donors (Lipinski definition) is 3. The lowest BCUT2D eigenvalue weighted by atomic mass is 9.97. The highest BCUT2D eigenvalue weighted by atomic mass is 35.5. The number of anilines is 1. The first kappa shape index (κ1) is 24.0. The van der Waals surface area contributed by atoms with Gasteiger partial charge in [0.05, 0.1) is 5.56 Å². The molecule has 8 nitrogen and oxygen atoms in total. The molecule has 3 rings (SSSR count). The number of nitrogens with two attached hydrogens (primary N) is 1. The molecule has 0 aliphatic rings. The summed E-state index contributed by atoms with van der Waals surface area (Å²) in [6.45, 7) is 4.97. The summed E-state index contributed by atoms with van der Waals surface area (Å²) in [5.41, 5.74) is 3.64. The van der Waals surface area contributed by atoms with Crippen molar-refractivity contribution in [2.45, 2.75) is 43.9 Å². The molecule has 0 fully saturated rings. The van der Waals surface area contributed by atoms with Crippen molar-refractivity contribution in [1.29, 1.82) is 0 Å². The van der Waals surface area contributed by atoms with Gasteiger partial charge in [-0.25, -0.2) is 18.1 Å². The Labute approximate surface area is 187 Å². The number of benzene rings is 1. The normalized spacial score (nSPS) is 12.8. The number of H-pyrrole nitrogens is 1. The second kappa shape index (κ2) is 8.34. The molecule has 0 spiro atoms. The van der Waals surface area contributed by atoms with Crippen molar-refractivity contribution in [1.82, 2.24) is 24.9 Å². The van der Waals surface area contributed by atoms with Crippen LogP contribution in [0.15, 0.2) is 35.5 Å². The Morgan fingerprint density at radius 2 is 1.88 bits per heavy atom. The molecule has 0 saturated carbocycles. The van der Waals surface area contributed by atoms with Gasteiger partial charge in [-0.15, -0.1) is 5.10 Å². The van der Waals surface area contributed by atoms with Gasteiger partial charge in [0.2, 0.25) is 5.95 Å². The van der Waals surface area contributed by atoms with Gasteiger partial charge in [-0.05, 0) is 50.6 Å². The van der Waals surface area contributed by atoms with E-state index >= 15 is 0 Å². The van der Waals surface area contributed by atoms with E-state index in [0.717, 1.165) is 18.3 Å². The molecule has 0 radical (unpaired) electrons. The topological polar surface area (TPSA) is 127 Å². The van der Waals surface area contributed by atoms with Crippen molar-refractivity contribution in [3.8, 4) is 11.1 Å². The van der Waals surface area contributed by atoms with Crippen LogP contribution < -0.4 is 10.5 Å². The number of nitrogen functional groups attached to an aromatic ring is 1. The maximum Gasteiger partial charge on any atom is 0.417 e. The fourth-order valence-corrected chi connectivity index (χ4v) is 4.71. The fraction of sp³-hybridized carbons (Fsp3) is 0.316. The molecule has 0 aliphatic carbocycles. The van der Waals surface area contributed by atoms with Gasteiger partial charge in [0.1, 0.15) is 5.82 Å². The number of nitrogens with zero attached hydrogens (tertiary/aromatic N) is 3. The highest BCUT2D eigenvalue weighted by Gasteiger charge is 2.35. The third-order valence-corrected chi connectivity index (χ3v) is 6.09. The molecule has 0 saturated heterocycles. The molecular formula is C19H20ClF3N6O2S. The highest BCUT2D eigenvalue weighted by molar-refractivity contribution is 7.89. The standard InChI is InChI=1S/C19H20ClF3N6O2S/c1-18(2,3)29-32(30,31)15-5-4-11(9-25-15)16-12(19(21,22)23)6-10(7-13(16)20)8-14-26-17(24)28-27-14/h4-7,9,29H,8H2,1-3H3,(H3,24,26,27,28). The number of alkyl halides is 3. The molecule has 2 aromatic heterocycles. The maximum atomic E-state index is 13.9. The van der Waals surface area contributed by atoms with Crippen LogP contribution in [0.3, 0.4) is 0 Å². The second-order valence-electron chi connectivity index (χ2n) is 8.06. The summed E-state index contributed by atoms with van der Waals surface area (Å²) in [4.78, 5) is 7.73. The molecule has 0 aliphatic heterocycles. The van der Waals surface area contributed by atoms with Crippen molar-refractivity contribution in [3.63, 3.8) is 0 Å². The Balaban J connectivity index is 2.03. The summed E-state index contributed by atoms with van der Waals surface area (Å²) in [7, 11) is -3.95. The van der Waals surface area contributed by atoms with Crippen LogP contribution in [-0.4, -0.2) is 34.1 Å². The summed E-state index contributed by atoms with van der Waals surface area (Å²) in [6.07, 6.45) is -3.68. The van der Waals surface area contributed by atoms with Gasteiger partial charge in [-0.3, -0.25) is 5.10 Å². The Kier molecular flexibility index (Phi) is 6.24. The fourth-order valence-electron chi connectivity index (χ4n) is 3.01. The number of aromatic nitrogens is 4. The van der Waals surface area contributed by atoms with Crippen molar-refractivity contribution < 1.29 is 21.6 Å². The summed E-state index contributed by atoms with van der Waals surface area (Å²) < 4.78 is 68.8. The van der Waals surface area contributed by atoms with E-state index in [9.17, 15) is 21.6 Å². The monoisotopic (exact) mass is 488 g/mol. The number of nitrogens with one attached hydrogen (secondary N) is 2. The summed E-state index contributed by atoms with van der Waals surface area (Å²) >= 11 is 6.23. The van der Waals surface area contributed by atoms with Gasteiger partial charge in [0.25, 0.3) is 10.0 Å². The van der Waals surface area contributed by atoms with E-state index in [4.69, 9.17) is 17.3 Å². The van der Waals surface area contributed by atoms with Gasteiger partial charge in [-0.2, -0.15) is 18.2 Å². The lowest BCUT2D eigenvalue weighted by Gasteiger charge is -2.20. The van der Waals surface area contributed by atoms with Crippen LogP contribution in [0.25, 0.3) is 11.1 Å². The molecule has 0 atom stereocenters. The van der Waals surface area contributed by atoms with E-state index in [0.29, 0.717) is 0 Å². The van der Waals surface area contributed by atoms with Crippen LogP contribution in [0.1, 0.15) is 37.7 Å². The minimum atomic E-state index is -4.73. The van der Waals surface area contributed by atoms with E-state index in [1.807, 2.05) is 0 Å². The van der Waals surface area contributed by atoms with Crippen LogP contribution in [0.4, 0.5) is 19.1 Å². The molecule has 3 aromatic rings. The summed E-state index contributed by atoms with van der Waals surface area (Å²) in [6, 6.07) is 4.69. The minimum absolute atomic E-state index is 0.00117. The summed E-state index contributed by atoms with van der Waals surface area (Å²) in [5, 5.41) is 5.68. The first-order valence-corrected chi connectivity index (χ1v) is 11.1. The van der Waals surface area contributed by atoms with Gasteiger partial charge in [-0.1, -0.05) is 11.6 Å². The smallest absolute Gasteiger partial charge is 0.367 e. The molecule has 32 heavy (non-hydrogen) atoms. The van der Waals surface area contributed by atoms with E-state index < -0.39 is 27.3 Å². The van der Waals surface area contributed by atoms with E-state index in [1.165, 1.54) is 12.1 Å². The first-order chi connectivity index (χ1) is 14.7. The predicted molar refractivity (Wildman–Crippen MR) is 113 cm³/mol. The van der Waals surface area contributed by atoms with Crippen LogP contribution in [-0.2, 0) is 22.6 Å². The van der Waals surface area contributed by atoms with Crippen LogP contribution in [0.5, 0.6) is 0 Å². The molecule has 0 amide bonds. The number of halogens is 4. The third-order valence-electron chi connectivity index (χ3n) is 4.12. The number of sulfonamides is 1. The summed E-state index contributed by atoms with van der Waals surface area (Å²) in [5.74, 6) is 0.253. The van der Waals surface area contributed by atoms with Crippen molar-refractivity contribution in [2.75, 3.05) is 5.73 Å². The van der Waals surface area contributed by atoms with Gasteiger partial charge >= 0.3 is 6.18 Å². The highest BCUT2D eigenvalue weighted by Crippen LogP contribution is 2.42. The zero-order chi connectivity index (χ0) is 23.9. The predicted octanol–water partition coefficient (Wildman–Crippen LogP) is 3.79. The molecule has 13 heteroatoms. The average Bonchev–Trinajstić information content (AvgIpc) is 3.03.